The molecule has 3 aromatic rings. The molecule has 0 spiro atoms. The number of hydrogen-bond donors (Lipinski definition) is 1. The zero-order chi connectivity index (χ0) is 22.5. The van der Waals surface area contributed by atoms with Gasteiger partial charge in [0, 0.05) is 17.0 Å². The van der Waals surface area contributed by atoms with E-state index in [1.807, 2.05) is 27.7 Å². The Bertz CT molecular complexity index is 1090. The highest BCUT2D eigenvalue weighted by Gasteiger charge is 2.24. The van der Waals surface area contributed by atoms with Gasteiger partial charge in [-0.25, -0.2) is 0 Å². The van der Waals surface area contributed by atoms with Crippen LogP contribution >= 0.6 is 11.8 Å². The van der Waals surface area contributed by atoms with Crippen LogP contribution in [-0.4, -0.2) is 24.4 Å². The van der Waals surface area contributed by atoms with Crippen molar-refractivity contribution in [1.82, 2.24) is 0 Å². The van der Waals surface area contributed by atoms with Gasteiger partial charge in [-0.3, -0.25) is 4.79 Å². The summed E-state index contributed by atoms with van der Waals surface area (Å²) in [6.45, 7) is 7.94. The van der Waals surface area contributed by atoms with Crippen LogP contribution in [0.4, 0.5) is 0 Å². The highest BCUT2D eigenvalue weighted by Crippen LogP contribution is 2.44. The van der Waals surface area contributed by atoms with Gasteiger partial charge in [0.1, 0.15) is 16.7 Å². The molecular formula is C24H28O6S. The summed E-state index contributed by atoms with van der Waals surface area (Å²) in [5.74, 6) is 1.37. The van der Waals surface area contributed by atoms with Crippen LogP contribution in [0.25, 0.3) is 11.0 Å². The van der Waals surface area contributed by atoms with Crippen molar-refractivity contribution in [3.05, 3.63) is 46.6 Å². The van der Waals surface area contributed by atoms with Gasteiger partial charge < -0.3 is 23.7 Å². The van der Waals surface area contributed by atoms with E-state index in [2.05, 4.69) is 0 Å². The fourth-order valence-electron chi connectivity index (χ4n) is 2.88. The summed E-state index contributed by atoms with van der Waals surface area (Å²) in [4.78, 5) is 13.9. The molecule has 2 unspecified atom stereocenters. The predicted molar refractivity (Wildman–Crippen MR) is 122 cm³/mol. The molecule has 1 aromatic heterocycles. The van der Waals surface area contributed by atoms with Crippen molar-refractivity contribution in [2.45, 2.75) is 62.7 Å². The van der Waals surface area contributed by atoms with E-state index in [1.54, 1.807) is 30.3 Å². The van der Waals surface area contributed by atoms with E-state index < -0.39 is 0 Å². The second-order valence-electron chi connectivity index (χ2n) is 7.31. The lowest BCUT2D eigenvalue weighted by Gasteiger charge is -2.21. The van der Waals surface area contributed by atoms with Crippen molar-refractivity contribution < 1.29 is 23.7 Å². The Kier molecular flexibility index (Phi) is 7.38. The van der Waals surface area contributed by atoms with Crippen molar-refractivity contribution in [2.24, 2.45) is 0 Å². The molecule has 0 saturated carbocycles. The van der Waals surface area contributed by atoms with Crippen molar-refractivity contribution in [1.29, 1.82) is 0 Å². The zero-order valence-corrected chi connectivity index (χ0v) is 19.2. The molecule has 6 nitrogen and oxygen atoms in total. The van der Waals surface area contributed by atoms with E-state index in [0.29, 0.717) is 33.3 Å². The zero-order valence-electron chi connectivity index (χ0n) is 18.4. The summed E-state index contributed by atoms with van der Waals surface area (Å²) >= 11 is 1.29. The minimum atomic E-state index is -0.228. The monoisotopic (exact) mass is 444 g/mol. The molecule has 0 fully saturated rings. The van der Waals surface area contributed by atoms with Crippen LogP contribution in [0.5, 0.6) is 23.0 Å². The Hall–Kier alpha value is -2.80. The van der Waals surface area contributed by atoms with Crippen LogP contribution in [0, 0.1) is 0 Å². The molecule has 7 heteroatoms. The minimum Gasteiger partial charge on any atom is -0.508 e. The minimum absolute atomic E-state index is 0.0518. The van der Waals surface area contributed by atoms with Crippen molar-refractivity contribution in [3.8, 4) is 23.0 Å². The fraction of sp³-hybridized carbons (Fsp3) is 0.375. The van der Waals surface area contributed by atoms with Gasteiger partial charge in [0.2, 0.25) is 5.75 Å². The first-order valence-corrected chi connectivity index (χ1v) is 11.2. The van der Waals surface area contributed by atoms with Crippen LogP contribution in [0.15, 0.2) is 55.6 Å². The molecule has 166 valence electrons. The van der Waals surface area contributed by atoms with Crippen LogP contribution in [0.1, 0.15) is 40.5 Å². The normalized spacial score (nSPS) is 13.1. The molecule has 2 atom stereocenters. The highest BCUT2D eigenvalue weighted by molar-refractivity contribution is 7.99. The number of benzene rings is 2. The second-order valence-corrected chi connectivity index (χ2v) is 8.39. The Morgan fingerprint density at radius 3 is 2.26 bits per heavy atom. The first-order chi connectivity index (χ1) is 14.9. The Labute approximate surface area is 186 Å². The Balaban J connectivity index is 2.17. The van der Waals surface area contributed by atoms with Crippen LogP contribution in [0.3, 0.4) is 0 Å². The van der Waals surface area contributed by atoms with E-state index in [1.165, 1.54) is 24.9 Å². The lowest BCUT2D eigenvalue weighted by atomic mass is 10.1. The molecule has 0 saturated heterocycles. The van der Waals surface area contributed by atoms with E-state index in [0.717, 1.165) is 17.7 Å². The molecule has 2 aromatic carbocycles. The summed E-state index contributed by atoms with van der Waals surface area (Å²) < 4.78 is 23.8. The lowest BCUT2D eigenvalue weighted by molar-refractivity contribution is 0.190. The van der Waals surface area contributed by atoms with Gasteiger partial charge >= 0.3 is 0 Å². The number of fused-ring (bicyclic) bond motifs is 1. The SMILES string of the molecule is CCC(C)Oc1cc2oc(Sc3ccc(O)cc3)cc(=O)c2c(OC(C)CC)c1OC. The van der Waals surface area contributed by atoms with Crippen LogP contribution in [0.2, 0.25) is 0 Å². The molecule has 0 radical (unpaired) electrons. The molecule has 0 aliphatic carbocycles. The molecule has 0 amide bonds. The average Bonchev–Trinajstić information content (AvgIpc) is 2.74. The van der Waals surface area contributed by atoms with E-state index >= 15 is 0 Å². The smallest absolute Gasteiger partial charge is 0.204 e. The van der Waals surface area contributed by atoms with E-state index in [9.17, 15) is 9.90 Å². The van der Waals surface area contributed by atoms with Crippen molar-refractivity contribution in [2.75, 3.05) is 7.11 Å². The third kappa shape index (κ3) is 5.28. The first-order valence-electron chi connectivity index (χ1n) is 10.3. The lowest BCUT2D eigenvalue weighted by Crippen LogP contribution is -2.15. The number of rotatable bonds is 9. The van der Waals surface area contributed by atoms with Crippen molar-refractivity contribution in [3.63, 3.8) is 0 Å². The van der Waals surface area contributed by atoms with E-state index in [4.69, 9.17) is 18.6 Å². The highest BCUT2D eigenvalue weighted by atomic mass is 32.2. The fourth-order valence-corrected chi connectivity index (χ4v) is 3.69. The number of phenols is 1. The molecule has 1 heterocycles. The summed E-state index contributed by atoms with van der Waals surface area (Å²) in [5, 5.41) is 10.2. The Morgan fingerprint density at radius 1 is 1.00 bits per heavy atom. The third-order valence-electron chi connectivity index (χ3n) is 4.93. The van der Waals surface area contributed by atoms with Gasteiger partial charge in [-0.15, -0.1) is 0 Å². The molecule has 3 rings (SSSR count). The summed E-state index contributed by atoms with van der Waals surface area (Å²) in [7, 11) is 1.53. The maximum absolute atomic E-state index is 13.1. The quantitative estimate of drug-likeness (QED) is 0.433. The number of aromatic hydroxyl groups is 1. The van der Waals surface area contributed by atoms with Gasteiger partial charge in [0.25, 0.3) is 0 Å². The van der Waals surface area contributed by atoms with Gasteiger partial charge in [0.15, 0.2) is 22.0 Å². The van der Waals surface area contributed by atoms with Crippen LogP contribution in [-0.2, 0) is 0 Å². The summed E-state index contributed by atoms with van der Waals surface area (Å²) in [5.41, 5.74) is 0.139. The Morgan fingerprint density at radius 2 is 1.65 bits per heavy atom. The average molecular weight is 445 g/mol. The topological polar surface area (TPSA) is 78.1 Å². The first kappa shape index (κ1) is 22.9. The molecule has 0 bridgehead atoms. The number of phenolic OH excluding ortho intramolecular Hbond substituents is 1. The summed E-state index contributed by atoms with van der Waals surface area (Å²) in [6.07, 6.45) is 1.40. The predicted octanol–water partition coefficient (Wildman–Crippen LogP) is 6.01. The largest absolute Gasteiger partial charge is 0.508 e. The maximum Gasteiger partial charge on any atom is 0.204 e. The molecule has 31 heavy (non-hydrogen) atoms. The molecule has 0 aliphatic heterocycles. The third-order valence-corrected chi connectivity index (χ3v) is 5.84. The van der Waals surface area contributed by atoms with Gasteiger partial charge in [-0.1, -0.05) is 25.6 Å². The number of methoxy groups -OCH3 is 1. The van der Waals surface area contributed by atoms with Gasteiger partial charge in [-0.2, -0.15) is 0 Å². The second kappa shape index (κ2) is 10.0. The van der Waals surface area contributed by atoms with Crippen molar-refractivity contribution >= 4 is 22.7 Å². The van der Waals surface area contributed by atoms with E-state index in [-0.39, 0.29) is 23.4 Å². The molecule has 1 N–H and O–H groups in total. The molecular weight excluding hydrogens is 416 g/mol. The maximum atomic E-state index is 13.1. The standard InChI is InChI=1S/C24H28O6S/c1-6-14(3)28-20-13-19-22(24(23(20)27-5)29-15(4)7-2)18(26)12-21(30-19)31-17-10-8-16(25)9-11-17/h8-15,25H,6-7H2,1-5H3. The van der Waals surface area contributed by atoms with Crippen LogP contribution < -0.4 is 19.6 Å². The summed E-state index contributed by atoms with van der Waals surface area (Å²) in [6, 6.07) is 9.81. The van der Waals surface area contributed by atoms with Gasteiger partial charge in [-0.05, 0) is 51.0 Å². The number of ether oxygens (including phenoxy) is 3. The molecule has 0 aliphatic rings. The number of hydrogen-bond acceptors (Lipinski definition) is 7. The van der Waals surface area contributed by atoms with Gasteiger partial charge in [0.05, 0.1) is 19.3 Å².